The van der Waals surface area contributed by atoms with Crippen molar-refractivity contribution in [3.8, 4) is 0 Å². The Morgan fingerprint density at radius 1 is 1.20 bits per heavy atom. The minimum atomic E-state index is 0.135. The van der Waals surface area contributed by atoms with E-state index in [2.05, 4.69) is 49.6 Å². The Morgan fingerprint density at radius 3 is 2.45 bits per heavy atom. The second-order valence-electron chi connectivity index (χ2n) is 7.88. The van der Waals surface area contributed by atoms with Crippen molar-refractivity contribution in [3.63, 3.8) is 0 Å². The van der Waals surface area contributed by atoms with Crippen LogP contribution in [0.2, 0.25) is 0 Å². The molecule has 0 aliphatic carbocycles. The number of amides is 1. The van der Waals surface area contributed by atoms with Gasteiger partial charge in [-0.05, 0) is 38.8 Å². The average Bonchev–Trinajstić information content (AvgIpc) is 2.79. The fraction of sp³-hybridized carbons (Fsp3) is 0.938. The highest BCUT2D eigenvalue weighted by molar-refractivity contribution is 5.82. The maximum absolute atomic E-state index is 12.7. The van der Waals surface area contributed by atoms with Crippen LogP contribution in [0.5, 0.6) is 0 Å². The lowest BCUT2D eigenvalue weighted by Gasteiger charge is -2.39. The van der Waals surface area contributed by atoms with Crippen LogP contribution < -0.4 is 0 Å². The van der Waals surface area contributed by atoms with Gasteiger partial charge in [0.1, 0.15) is 0 Å². The quantitative estimate of drug-likeness (QED) is 0.787. The molecule has 0 bridgehead atoms. The van der Waals surface area contributed by atoms with E-state index in [1.165, 1.54) is 6.42 Å². The van der Waals surface area contributed by atoms with Gasteiger partial charge >= 0.3 is 0 Å². The highest BCUT2D eigenvalue weighted by Gasteiger charge is 2.38. The first-order valence-electron chi connectivity index (χ1n) is 7.97. The van der Waals surface area contributed by atoms with Gasteiger partial charge in [-0.3, -0.25) is 9.69 Å². The monoisotopic (exact) mass is 281 g/mol. The van der Waals surface area contributed by atoms with Crippen molar-refractivity contribution in [2.24, 2.45) is 5.41 Å². The third kappa shape index (κ3) is 3.73. The Balaban J connectivity index is 1.97. The van der Waals surface area contributed by atoms with Crippen molar-refractivity contribution in [3.05, 3.63) is 0 Å². The first-order chi connectivity index (χ1) is 9.28. The lowest BCUT2D eigenvalue weighted by Crippen LogP contribution is -2.53. The number of hydrogen-bond acceptors (Lipinski definition) is 3. The number of likely N-dealkylation sites (tertiary alicyclic amines) is 2. The van der Waals surface area contributed by atoms with E-state index in [0.29, 0.717) is 11.9 Å². The zero-order chi connectivity index (χ0) is 14.9. The lowest BCUT2D eigenvalue weighted by molar-refractivity contribution is -0.141. The molecule has 2 atom stereocenters. The average molecular weight is 281 g/mol. The molecule has 2 unspecified atom stereocenters. The van der Waals surface area contributed by atoms with E-state index in [1.54, 1.807) is 0 Å². The second-order valence-corrected chi connectivity index (χ2v) is 7.88. The molecule has 2 aliphatic heterocycles. The van der Waals surface area contributed by atoms with Crippen molar-refractivity contribution < 1.29 is 4.79 Å². The molecule has 2 saturated heterocycles. The van der Waals surface area contributed by atoms with Gasteiger partial charge < -0.3 is 9.80 Å². The third-order valence-corrected chi connectivity index (χ3v) is 4.53. The van der Waals surface area contributed by atoms with Crippen molar-refractivity contribution in [2.45, 2.75) is 52.1 Å². The van der Waals surface area contributed by atoms with Gasteiger partial charge in [0.15, 0.2) is 0 Å². The van der Waals surface area contributed by atoms with Gasteiger partial charge in [0.25, 0.3) is 0 Å². The normalized spacial score (nSPS) is 29.5. The topological polar surface area (TPSA) is 26.8 Å². The number of carbonyl (C=O) groups is 1. The molecule has 2 heterocycles. The van der Waals surface area contributed by atoms with E-state index >= 15 is 0 Å². The molecule has 2 fully saturated rings. The van der Waals surface area contributed by atoms with E-state index < -0.39 is 0 Å². The Morgan fingerprint density at radius 2 is 1.90 bits per heavy atom. The Labute approximate surface area is 124 Å². The number of hydrogen-bond donors (Lipinski definition) is 0. The van der Waals surface area contributed by atoms with E-state index in [9.17, 15) is 4.79 Å². The molecule has 0 saturated carbocycles. The first kappa shape index (κ1) is 15.8. The molecule has 20 heavy (non-hydrogen) atoms. The third-order valence-electron chi connectivity index (χ3n) is 4.53. The SMILES string of the molecule is CN(C)C1CCN(C2CCCN(CC(C)(C)C)C2=O)C1. The molecular weight excluding hydrogens is 250 g/mol. The van der Waals surface area contributed by atoms with Gasteiger partial charge in [-0.25, -0.2) is 0 Å². The van der Waals surface area contributed by atoms with Crippen LogP contribution in [0, 0.1) is 5.41 Å². The van der Waals surface area contributed by atoms with Crippen LogP contribution in [0.25, 0.3) is 0 Å². The summed E-state index contributed by atoms with van der Waals surface area (Å²) in [6, 6.07) is 0.747. The lowest BCUT2D eigenvalue weighted by atomic mass is 9.93. The van der Waals surface area contributed by atoms with Gasteiger partial charge in [0.05, 0.1) is 6.04 Å². The zero-order valence-corrected chi connectivity index (χ0v) is 13.9. The molecule has 116 valence electrons. The van der Waals surface area contributed by atoms with Crippen LogP contribution in [0.1, 0.15) is 40.0 Å². The molecule has 0 N–H and O–H groups in total. The number of piperidine rings is 1. The number of nitrogens with zero attached hydrogens (tertiary/aromatic N) is 3. The predicted octanol–water partition coefficient (Wildman–Crippen LogP) is 1.66. The number of carbonyl (C=O) groups excluding carboxylic acids is 1. The molecule has 0 spiro atoms. The molecule has 0 aromatic rings. The van der Waals surface area contributed by atoms with Gasteiger partial charge in [-0.1, -0.05) is 20.8 Å². The van der Waals surface area contributed by atoms with Crippen LogP contribution in [-0.2, 0) is 4.79 Å². The summed E-state index contributed by atoms with van der Waals surface area (Å²) in [6.07, 6.45) is 3.38. The van der Waals surface area contributed by atoms with E-state index in [-0.39, 0.29) is 11.5 Å². The molecular formula is C16H31N3O. The minimum absolute atomic E-state index is 0.135. The predicted molar refractivity (Wildman–Crippen MR) is 82.7 cm³/mol. The van der Waals surface area contributed by atoms with Gasteiger partial charge in [-0.2, -0.15) is 0 Å². The molecule has 1 amide bonds. The number of likely N-dealkylation sites (N-methyl/N-ethyl adjacent to an activating group) is 1. The summed E-state index contributed by atoms with van der Waals surface area (Å²) < 4.78 is 0. The minimum Gasteiger partial charge on any atom is -0.341 e. The summed E-state index contributed by atoms with van der Waals surface area (Å²) in [6.45, 7) is 10.6. The molecule has 2 aliphatic rings. The van der Waals surface area contributed by atoms with Crippen molar-refractivity contribution >= 4 is 5.91 Å². The van der Waals surface area contributed by atoms with Crippen LogP contribution in [0.3, 0.4) is 0 Å². The Bertz CT molecular complexity index is 348. The van der Waals surface area contributed by atoms with Crippen molar-refractivity contribution in [1.29, 1.82) is 0 Å². The molecule has 4 heteroatoms. The number of rotatable bonds is 3. The van der Waals surface area contributed by atoms with Gasteiger partial charge in [0, 0.05) is 32.2 Å². The maximum atomic E-state index is 12.7. The van der Waals surface area contributed by atoms with E-state index in [4.69, 9.17) is 0 Å². The second kappa shape index (κ2) is 6.02. The summed E-state index contributed by atoms with van der Waals surface area (Å²) in [5, 5.41) is 0. The van der Waals surface area contributed by atoms with Crippen molar-refractivity contribution in [2.75, 3.05) is 40.3 Å². The standard InChI is InChI=1S/C16H31N3O/c1-16(2,3)12-19-9-6-7-14(15(19)20)18-10-8-13(11-18)17(4)5/h13-14H,6-12H2,1-5H3. The highest BCUT2D eigenvalue weighted by Crippen LogP contribution is 2.25. The largest absolute Gasteiger partial charge is 0.341 e. The summed E-state index contributed by atoms with van der Waals surface area (Å²) in [5.41, 5.74) is 0.189. The van der Waals surface area contributed by atoms with E-state index in [1.807, 2.05) is 0 Å². The molecule has 0 aromatic carbocycles. The van der Waals surface area contributed by atoms with Crippen LogP contribution in [0.4, 0.5) is 0 Å². The van der Waals surface area contributed by atoms with E-state index in [0.717, 1.165) is 39.0 Å². The Hall–Kier alpha value is -0.610. The fourth-order valence-corrected chi connectivity index (χ4v) is 3.46. The van der Waals surface area contributed by atoms with Crippen molar-refractivity contribution in [1.82, 2.24) is 14.7 Å². The summed E-state index contributed by atoms with van der Waals surface area (Å²) in [5.74, 6) is 0.366. The van der Waals surface area contributed by atoms with Crippen LogP contribution in [0.15, 0.2) is 0 Å². The summed E-state index contributed by atoms with van der Waals surface area (Å²) in [4.78, 5) is 19.5. The molecule has 0 aromatic heterocycles. The highest BCUT2D eigenvalue weighted by atomic mass is 16.2. The Kier molecular flexibility index (Phi) is 4.75. The summed E-state index contributed by atoms with van der Waals surface area (Å²) >= 11 is 0. The van der Waals surface area contributed by atoms with Crippen LogP contribution >= 0.6 is 0 Å². The first-order valence-corrected chi connectivity index (χ1v) is 7.97. The fourth-order valence-electron chi connectivity index (χ4n) is 3.46. The van der Waals surface area contributed by atoms with Gasteiger partial charge in [0.2, 0.25) is 5.91 Å². The zero-order valence-electron chi connectivity index (χ0n) is 13.9. The molecule has 4 nitrogen and oxygen atoms in total. The van der Waals surface area contributed by atoms with Gasteiger partial charge in [-0.15, -0.1) is 0 Å². The smallest absolute Gasteiger partial charge is 0.239 e. The summed E-state index contributed by atoms with van der Waals surface area (Å²) in [7, 11) is 4.28. The maximum Gasteiger partial charge on any atom is 0.239 e. The molecule has 0 radical (unpaired) electrons. The van der Waals surface area contributed by atoms with Crippen LogP contribution in [-0.4, -0.2) is 73.0 Å². The molecule has 2 rings (SSSR count).